The minimum absolute atomic E-state index is 0.0744. The second kappa shape index (κ2) is 8.18. The Morgan fingerprint density at radius 3 is 2.26 bits per heavy atom. The Kier molecular flexibility index (Phi) is 6.29. The highest BCUT2D eigenvalue weighted by Crippen LogP contribution is 2.71. The molecule has 4 rings (SSSR count). The smallest absolute Gasteiger partial charge is 0.0569 e. The summed E-state index contributed by atoms with van der Waals surface area (Å²) >= 11 is 0. The molecule has 0 spiro atoms. The van der Waals surface area contributed by atoms with Crippen molar-refractivity contribution in [3.63, 3.8) is 0 Å². The molecule has 9 atom stereocenters. The predicted octanol–water partition coefficient (Wildman–Crippen LogP) is 8.41. The summed E-state index contributed by atoms with van der Waals surface area (Å²) in [4.78, 5) is 0. The Morgan fingerprint density at radius 2 is 1.58 bits per heavy atom. The van der Waals surface area contributed by atoms with Crippen LogP contribution < -0.4 is 0 Å². The largest absolute Gasteiger partial charge is 0.393 e. The van der Waals surface area contributed by atoms with Gasteiger partial charge in [0.1, 0.15) is 0 Å². The van der Waals surface area contributed by atoms with Crippen LogP contribution in [0.5, 0.6) is 0 Å². The lowest BCUT2D eigenvalue weighted by Crippen LogP contribution is -2.51. The first-order valence-corrected chi connectivity index (χ1v) is 13.9. The summed E-state index contributed by atoms with van der Waals surface area (Å²) in [6, 6.07) is 0. The highest BCUT2D eigenvalue weighted by Gasteiger charge is 2.62. The lowest BCUT2D eigenvalue weighted by molar-refractivity contribution is -0.0414. The molecule has 0 aromatic heterocycles. The SMILES string of the molecule is CC(C)C(C)CC[C@@H](C)[C@H]1CC[C@@]2(C)C3=C(CC[C@]12C)[C@@]1(C)CC[C@H](O)C(C)[C@@H]1CC3. The van der Waals surface area contributed by atoms with Gasteiger partial charge in [-0.3, -0.25) is 0 Å². The van der Waals surface area contributed by atoms with Gasteiger partial charge in [0.15, 0.2) is 0 Å². The fourth-order valence-corrected chi connectivity index (χ4v) is 9.31. The van der Waals surface area contributed by atoms with E-state index in [9.17, 15) is 5.11 Å². The van der Waals surface area contributed by atoms with Crippen LogP contribution in [-0.2, 0) is 0 Å². The summed E-state index contributed by atoms with van der Waals surface area (Å²) < 4.78 is 0. The number of rotatable bonds is 5. The number of allylic oxidation sites excluding steroid dienone is 2. The molecule has 0 aliphatic heterocycles. The first kappa shape index (κ1) is 23.8. The molecule has 2 unspecified atom stereocenters. The number of aliphatic hydroxyl groups excluding tert-OH is 1. The van der Waals surface area contributed by atoms with Gasteiger partial charge < -0.3 is 5.11 Å². The van der Waals surface area contributed by atoms with Gasteiger partial charge in [-0.15, -0.1) is 0 Å². The maximum atomic E-state index is 10.6. The van der Waals surface area contributed by atoms with Crippen LogP contribution in [0.1, 0.15) is 120 Å². The van der Waals surface area contributed by atoms with Crippen LogP contribution in [0.2, 0.25) is 0 Å². The van der Waals surface area contributed by atoms with E-state index in [-0.39, 0.29) is 6.10 Å². The van der Waals surface area contributed by atoms with Crippen molar-refractivity contribution in [1.82, 2.24) is 0 Å². The molecule has 1 heteroatoms. The van der Waals surface area contributed by atoms with E-state index >= 15 is 0 Å². The molecular formula is C30H52O. The molecule has 0 aromatic carbocycles. The van der Waals surface area contributed by atoms with E-state index in [0.717, 1.165) is 30.1 Å². The third-order valence-corrected chi connectivity index (χ3v) is 12.3. The molecule has 4 aliphatic rings. The molecule has 0 saturated heterocycles. The molecule has 2 saturated carbocycles. The molecule has 2 fully saturated rings. The Labute approximate surface area is 193 Å². The average Bonchev–Trinajstić information content (AvgIpc) is 3.00. The monoisotopic (exact) mass is 428 g/mol. The van der Waals surface area contributed by atoms with E-state index in [4.69, 9.17) is 0 Å². The van der Waals surface area contributed by atoms with E-state index in [2.05, 4.69) is 55.4 Å². The van der Waals surface area contributed by atoms with Crippen molar-refractivity contribution in [2.24, 2.45) is 51.8 Å². The van der Waals surface area contributed by atoms with Crippen molar-refractivity contribution in [3.8, 4) is 0 Å². The van der Waals surface area contributed by atoms with Crippen molar-refractivity contribution < 1.29 is 5.11 Å². The van der Waals surface area contributed by atoms with Crippen LogP contribution in [0.4, 0.5) is 0 Å². The second-order valence-corrected chi connectivity index (χ2v) is 13.7. The van der Waals surface area contributed by atoms with E-state index in [1.807, 2.05) is 11.1 Å². The average molecular weight is 429 g/mol. The molecule has 0 amide bonds. The van der Waals surface area contributed by atoms with Gasteiger partial charge in [-0.2, -0.15) is 0 Å². The van der Waals surface area contributed by atoms with Crippen molar-refractivity contribution in [2.75, 3.05) is 0 Å². The van der Waals surface area contributed by atoms with Gasteiger partial charge in [0.05, 0.1) is 6.10 Å². The summed E-state index contributed by atoms with van der Waals surface area (Å²) in [6.45, 7) is 20.1. The van der Waals surface area contributed by atoms with Gasteiger partial charge in [0, 0.05) is 0 Å². The summed E-state index contributed by atoms with van der Waals surface area (Å²) in [5, 5.41) is 10.6. The number of hydrogen-bond donors (Lipinski definition) is 1. The molecule has 31 heavy (non-hydrogen) atoms. The first-order valence-electron chi connectivity index (χ1n) is 13.9. The van der Waals surface area contributed by atoms with Gasteiger partial charge >= 0.3 is 0 Å². The zero-order chi connectivity index (χ0) is 22.8. The maximum absolute atomic E-state index is 10.6. The fourth-order valence-electron chi connectivity index (χ4n) is 9.31. The molecule has 0 bridgehead atoms. The summed E-state index contributed by atoms with van der Waals surface area (Å²) in [7, 11) is 0. The minimum atomic E-state index is -0.0744. The lowest BCUT2D eigenvalue weighted by Gasteiger charge is -2.60. The van der Waals surface area contributed by atoms with Crippen molar-refractivity contribution >= 4 is 0 Å². The Balaban J connectivity index is 1.60. The zero-order valence-electron chi connectivity index (χ0n) is 22.1. The fraction of sp³-hybridized carbons (Fsp3) is 0.933. The zero-order valence-corrected chi connectivity index (χ0v) is 22.1. The third kappa shape index (κ3) is 3.50. The van der Waals surface area contributed by atoms with Crippen LogP contribution in [0.15, 0.2) is 11.1 Å². The van der Waals surface area contributed by atoms with Crippen molar-refractivity contribution in [1.29, 1.82) is 0 Å². The van der Waals surface area contributed by atoms with Gasteiger partial charge in [-0.05, 0) is 103 Å². The van der Waals surface area contributed by atoms with E-state index in [0.29, 0.717) is 28.1 Å². The minimum Gasteiger partial charge on any atom is -0.393 e. The Bertz CT molecular complexity index is 705. The standard InChI is InChI=1S/C30H52O/c1-19(2)20(3)9-10-21(4)23-13-17-30(8)26-12-11-24-22(5)27(31)15-16-28(24,6)25(26)14-18-29(23,30)7/h19-24,27,31H,9-18H2,1-8H3/t20?,21-,22?,23-,24+,27+,28+,29-,30+/m1/s1. The summed E-state index contributed by atoms with van der Waals surface area (Å²) in [6.07, 6.45) is 13.2. The molecule has 1 nitrogen and oxygen atoms in total. The van der Waals surface area contributed by atoms with Crippen LogP contribution in [0.3, 0.4) is 0 Å². The van der Waals surface area contributed by atoms with Gasteiger partial charge in [-0.1, -0.05) is 79.4 Å². The summed E-state index contributed by atoms with van der Waals surface area (Å²) in [5.74, 6) is 4.56. The number of aliphatic hydroxyl groups is 1. The first-order chi connectivity index (χ1) is 14.5. The number of fused-ring (bicyclic) bond motifs is 4. The highest BCUT2D eigenvalue weighted by molar-refractivity contribution is 5.38. The molecule has 178 valence electrons. The highest BCUT2D eigenvalue weighted by atomic mass is 16.3. The molecule has 1 N–H and O–H groups in total. The van der Waals surface area contributed by atoms with Crippen LogP contribution in [0, 0.1) is 51.8 Å². The van der Waals surface area contributed by atoms with Gasteiger partial charge in [0.25, 0.3) is 0 Å². The van der Waals surface area contributed by atoms with Gasteiger partial charge in [-0.25, -0.2) is 0 Å². The van der Waals surface area contributed by atoms with Crippen LogP contribution in [-0.4, -0.2) is 11.2 Å². The Hall–Kier alpha value is -0.300. The topological polar surface area (TPSA) is 20.2 Å². The molecule has 0 radical (unpaired) electrons. The predicted molar refractivity (Wildman–Crippen MR) is 133 cm³/mol. The molecule has 0 heterocycles. The molecule has 4 aliphatic carbocycles. The lowest BCUT2D eigenvalue weighted by atomic mass is 9.45. The van der Waals surface area contributed by atoms with E-state index in [1.54, 1.807) is 0 Å². The normalized spacial score (nSPS) is 47.0. The molecule has 0 aromatic rings. The third-order valence-electron chi connectivity index (χ3n) is 12.3. The quantitative estimate of drug-likeness (QED) is 0.436. The van der Waals surface area contributed by atoms with E-state index < -0.39 is 0 Å². The van der Waals surface area contributed by atoms with Crippen molar-refractivity contribution in [2.45, 2.75) is 126 Å². The van der Waals surface area contributed by atoms with Crippen LogP contribution >= 0.6 is 0 Å². The summed E-state index contributed by atoms with van der Waals surface area (Å²) in [5.41, 5.74) is 5.01. The maximum Gasteiger partial charge on any atom is 0.0569 e. The Morgan fingerprint density at radius 1 is 0.871 bits per heavy atom. The second-order valence-electron chi connectivity index (χ2n) is 13.7. The molecular weight excluding hydrogens is 376 g/mol. The van der Waals surface area contributed by atoms with E-state index in [1.165, 1.54) is 57.8 Å². The van der Waals surface area contributed by atoms with Gasteiger partial charge in [0.2, 0.25) is 0 Å². The van der Waals surface area contributed by atoms with Crippen LogP contribution in [0.25, 0.3) is 0 Å². The number of hydrogen-bond acceptors (Lipinski definition) is 1. The van der Waals surface area contributed by atoms with Crippen molar-refractivity contribution in [3.05, 3.63) is 11.1 Å².